The van der Waals surface area contributed by atoms with Gasteiger partial charge in [0.25, 0.3) is 0 Å². The number of rotatable bonds is 6. The second kappa shape index (κ2) is 5.99. The zero-order chi connectivity index (χ0) is 12.9. The standard InChI is InChI=1S/C8H13ClN4O3S/c1-16-8-11-5-6(9)7(13-8)10-3-4-12-17(2,14)15/h5,12H,3-4H2,1-2H3,(H,10,11,13). The average molecular weight is 281 g/mol. The van der Waals surface area contributed by atoms with Crippen molar-refractivity contribution >= 4 is 27.4 Å². The van der Waals surface area contributed by atoms with Crippen LogP contribution in [0, 0.1) is 0 Å². The number of nitrogens with one attached hydrogen (secondary N) is 2. The first-order valence-electron chi connectivity index (χ1n) is 4.67. The number of aromatic nitrogens is 2. The van der Waals surface area contributed by atoms with Gasteiger partial charge in [-0.3, -0.25) is 0 Å². The summed E-state index contributed by atoms with van der Waals surface area (Å²) in [7, 11) is -1.74. The second-order valence-electron chi connectivity index (χ2n) is 3.15. The Morgan fingerprint density at radius 2 is 2.18 bits per heavy atom. The van der Waals surface area contributed by atoms with Crippen molar-refractivity contribution in [3.63, 3.8) is 0 Å². The van der Waals surface area contributed by atoms with E-state index in [0.717, 1.165) is 6.26 Å². The number of hydrogen-bond acceptors (Lipinski definition) is 6. The third kappa shape index (κ3) is 5.16. The SMILES string of the molecule is COc1ncc(Cl)c(NCCNS(C)(=O)=O)n1. The van der Waals surface area contributed by atoms with Gasteiger partial charge in [-0.15, -0.1) is 0 Å². The van der Waals surface area contributed by atoms with Gasteiger partial charge in [-0.25, -0.2) is 18.1 Å². The van der Waals surface area contributed by atoms with E-state index in [1.165, 1.54) is 13.3 Å². The number of methoxy groups -OCH3 is 1. The highest BCUT2D eigenvalue weighted by atomic mass is 35.5. The van der Waals surface area contributed by atoms with Crippen LogP contribution in [0.25, 0.3) is 0 Å². The van der Waals surface area contributed by atoms with Gasteiger partial charge < -0.3 is 10.1 Å². The highest BCUT2D eigenvalue weighted by Gasteiger charge is 2.05. The monoisotopic (exact) mass is 280 g/mol. The number of nitrogens with zero attached hydrogens (tertiary/aromatic N) is 2. The van der Waals surface area contributed by atoms with Crippen LogP contribution in [0.5, 0.6) is 6.01 Å². The summed E-state index contributed by atoms with van der Waals surface area (Å²) in [5.41, 5.74) is 0. The molecule has 0 amide bonds. The predicted molar refractivity (Wildman–Crippen MR) is 64.9 cm³/mol. The summed E-state index contributed by atoms with van der Waals surface area (Å²) in [4.78, 5) is 7.78. The molecular formula is C8H13ClN4O3S. The van der Waals surface area contributed by atoms with Crippen LogP contribution in [0.2, 0.25) is 5.02 Å². The average Bonchev–Trinajstić information content (AvgIpc) is 2.25. The Balaban J connectivity index is 2.51. The van der Waals surface area contributed by atoms with Crippen molar-refractivity contribution in [3.8, 4) is 6.01 Å². The van der Waals surface area contributed by atoms with Gasteiger partial charge >= 0.3 is 6.01 Å². The van der Waals surface area contributed by atoms with E-state index >= 15 is 0 Å². The smallest absolute Gasteiger partial charge is 0.318 e. The highest BCUT2D eigenvalue weighted by molar-refractivity contribution is 7.88. The second-order valence-corrected chi connectivity index (χ2v) is 5.39. The fourth-order valence-corrected chi connectivity index (χ4v) is 1.62. The molecule has 0 aromatic carbocycles. The fourth-order valence-electron chi connectivity index (χ4n) is 0.991. The lowest BCUT2D eigenvalue weighted by Crippen LogP contribution is -2.27. The van der Waals surface area contributed by atoms with E-state index in [1.807, 2.05) is 0 Å². The number of anilines is 1. The van der Waals surface area contributed by atoms with Gasteiger partial charge in [-0.2, -0.15) is 4.98 Å². The summed E-state index contributed by atoms with van der Waals surface area (Å²) in [6.07, 6.45) is 2.49. The molecule has 0 aliphatic rings. The normalized spacial score (nSPS) is 11.2. The maximum Gasteiger partial charge on any atom is 0.318 e. The molecule has 0 radical (unpaired) electrons. The number of hydrogen-bond donors (Lipinski definition) is 2. The van der Waals surface area contributed by atoms with Gasteiger partial charge in [-0.1, -0.05) is 11.6 Å². The van der Waals surface area contributed by atoms with Crippen molar-refractivity contribution in [2.24, 2.45) is 0 Å². The molecule has 0 saturated heterocycles. The molecule has 9 heteroatoms. The summed E-state index contributed by atoms with van der Waals surface area (Å²) in [5, 5.41) is 3.21. The number of halogens is 1. The Labute approximate surface area is 105 Å². The minimum absolute atomic E-state index is 0.188. The summed E-state index contributed by atoms with van der Waals surface area (Å²) in [6.45, 7) is 0.592. The Bertz CT molecular complexity index is 480. The van der Waals surface area contributed by atoms with Crippen LogP contribution in [-0.2, 0) is 10.0 Å². The van der Waals surface area contributed by atoms with Crippen LogP contribution < -0.4 is 14.8 Å². The largest absolute Gasteiger partial charge is 0.467 e. The van der Waals surface area contributed by atoms with E-state index in [0.29, 0.717) is 17.4 Å². The van der Waals surface area contributed by atoms with Crippen molar-refractivity contribution in [2.75, 3.05) is 31.8 Å². The predicted octanol–water partition coefficient (Wildman–Crippen LogP) is 0.0997. The molecule has 1 heterocycles. The lowest BCUT2D eigenvalue weighted by Gasteiger charge is -2.08. The first-order valence-corrected chi connectivity index (χ1v) is 6.94. The van der Waals surface area contributed by atoms with E-state index < -0.39 is 10.0 Å². The molecule has 0 fully saturated rings. The zero-order valence-corrected chi connectivity index (χ0v) is 11.0. The van der Waals surface area contributed by atoms with Crippen LogP contribution in [-0.4, -0.2) is 44.8 Å². The number of sulfonamides is 1. The molecule has 1 aromatic heterocycles. The quantitative estimate of drug-likeness (QED) is 0.718. The lowest BCUT2D eigenvalue weighted by molar-refractivity contribution is 0.380. The maximum absolute atomic E-state index is 10.8. The van der Waals surface area contributed by atoms with Gasteiger partial charge in [0.15, 0.2) is 5.82 Å². The van der Waals surface area contributed by atoms with Crippen LogP contribution in [0.15, 0.2) is 6.20 Å². The van der Waals surface area contributed by atoms with Gasteiger partial charge in [0, 0.05) is 13.1 Å². The molecule has 0 saturated carbocycles. The summed E-state index contributed by atoms with van der Waals surface area (Å²) in [6, 6.07) is 0.188. The Kier molecular flexibility index (Phi) is 4.91. The van der Waals surface area contributed by atoms with E-state index in [9.17, 15) is 8.42 Å². The minimum Gasteiger partial charge on any atom is -0.467 e. The van der Waals surface area contributed by atoms with Crippen molar-refractivity contribution < 1.29 is 13.2 Å². The molecular weight excluding hydrogens is 268 g/mol. The molecule has 0 aliphatic carbocycles. The van der Waals surface area contributed by atoms with E-state index in [2.05, 4.69) is 20.0 Å². The van der Waals surface area contributed by atoms with E-state index in [-0.39, 0.29) is 12.6 Å². The zero-order valence-electron chi connectivity index (χ0n) is 9.40. The molecule has 0 spiro atoms. The summed E-state index contributed by atoms with van der Waals surface area (Å²) < 4.78 is 28.8. The van der Waals surface area contributed by atoms with Gasteiger partial charge in [0.1, 0.15) is 5.02 Å². The van der Waals surface area contributed by atoms with Crippen molar-refractivity contribution in [3.05, 3.63) is 11.2 Å². The van der Waals surface area contributed by atoms with E-state index in [4.69, 9.17) is 16.3 Å². The van der Waals surface area contributed by atoms with E-state index in [1.54, 1.807) is 0 Å². The topological polar surface area (TPSA) is 93.2 Å². The molecule has 2 N–H and O–H groups in total. The van der Waals surface area contributed by atoms with Crippen LogP contribution in [0.3, 0.4) is 0 Å². The molecule has 0 atom stereocenters. The third-order valence-corrected chi connectivity index (χ3v) is 2.69. The van der Waals surface area contributed by atoms with Crippen LogP contribution >= 0.6 is 11.6 Å². The first-order chi connectivity index (χ1) is 7.92. The third-order valence-electron chi connectivity index (χ3n) is 1.69. The van der Waals surface area contributed by atoms with Crippen molar-refractivity contribution in [1.82, 2.24) is 14.7 Å². The number of ether oxygens (including phenoxy) is 1. The Morgan fingerprint density at radius 3 is 2.76 bits per heavy atom. The van der Waals surface area contributed by atoms with Gasteiger partial charge in [-0.05, 0) is 0 Å². The van der Waals surface area contributed by atoms with Gasteiger partial charge in [0.05, 0.1) is 19.6 Å². The first kappa shape index (κ1) is 13.9. The molecule has 7 nitrogen and oxygen atoms in total. The van der Waals surface area contributed by atoms with Crippen molar-refractivity contribution in [2.45, 2.75) is 0 Å². The molecule has 1 rings (SSSR count). The lowest BCUT2D eigenvalue weighted by atomic mass is 10.5. The Morgan fingerprint density at radius 1 is 1.47 bits per heavy atom. The minimum atomic E-state index is -3.18. The fraction of sp³-hybridized carbons (Fsp3) is 0.500. The molecule has 0 bridgehead atoms. The highest BCUT2D eigenvalue weighted by Crippen LogP contribution is 2.19. The molecule has 17 heavy (non-hydrogen) atoms. The molecule has 0 unspecified atom stereocenters. The van der Waals surface area contributed by atoms with Crippen molar-refractivity contribution in [1.29, 1.82) is 0 Å². The van der Waals surface area contributed by atoms with Crippen LogP contribution in [0.4, 0.5) is 5.82 Å². The summed E-state index contributed by atoms with van der Waals surface area (Å²) >= 11 is 5.84. The van der Waals surface area contributed by atoms with Gasteiger partial charge in [0.2, 0.25) is 10.0 Å². The maximum atomic E-state index is 10.8. The van der Waals surface area contributed by atoms with Crippen LogP contribution in [0.1, 0.15) is 0 Å². The molecule has 0 aliphatic heterocycles. The summed E-state index contributed by atoms with van der Waals surface area (Å²) in [5.74, 6) is 0.397. The Hall–Kier alpha value is -1.12. The molecule has 1 aromatic rings. The molecule has 96 valence electrons.